The molecule has 2 heterocycles. The maximum absolute atomic E-state index is 13.1. The number of hydrogen-bond acceptors (Lipinski definition) is 6. The summed E-state index contributed by atoms with van der Waals surface area (Å²) in [5.41, 5.74) is 3.85. The molecule has 0 spiro atoms. The zero-order chi connectivity index (χ0) is 26.8. The molecular formula is C25H30ClF3N4O3S. The summed E-state index contributed by atoms with van der Waals surface area (Å²) in [4.78, 5) is 19.0. The van der Waals surface area contributed by atoms with Gasteiger partial charge in [-0.05, 0) is 41.5 Å². The van der Waals surface area contributed by atoms with Gasteiger partial charge in [-0.15, -0.1) is 0 Å². The van der Waals surface area contributed by atoms with Crippen molar-refractivity contribution in [2.75, 3.05) is 61.5 Å². The molecule has 37 heavy (non-hydrogen) atoms. The molecule has 0 atom stereocenters. The summed E-state index contributed by atoms with van der Waals surface area (Å²) in [6.07, 6.45) is -3.78. The lowest BCUT2D eigenvalue weighted by molar-refractivity contribution is -0.138. The molecular weight excluding hydrogens is 529 g/mol. The van der Waals surface area contributed by atoms with E-state index in [-0.39, 0.29) is 18.2 Å². The minimum atomic E-state index is -4.17. The van der Waals surface area contributed by atoms with Gasteiger partial charge in [0.05, 0.1) is 23.5 Å². The van der Waals surface area contributed by atoms with Crippen molar-refractivity contribution in [2.45, 2.75) is 25.7 Å². The first kappa shape index (κ1) is 27.7. The van der Waals surface area contributed by atoms with Crippen LogP contribution in [0.2, 0.25) is 5.02 Å². The number of amides is 1. The first-order valence-corrected chi connectivity index (χ1v) is 14.5. The number of hydrogen-bond donors (Lipinski definition) is 1. The van der Waals surface area contributed by atoms with E-state index in [0.29, 0.717) is 62.1 Å². The van der Waals surface area contributed by atoms with Crippen LogP contribution in [0.5, 0.6) is 0 Å². The van der Waals surface area contributed by atoms with Crippen molar-refractivity contribution in [3.63, 3.8) is 0 Å². The van der Waals surface area contributed by atoms with Crippen molar-refractivity contribution in [2.24, 2.45) is 0 Å². The van der Waals surface area contributed by atoms with Gasteiger partial charge in [-0.3, -0.25) is 14.6 Å². The molecule has 1 N–H and O–H groups in total. The van der Waals surface area contributed by atoms with Gasteiger partial charge in [0.25, 0.3) is 5.91 Å². The van der Waals surface area contributed by atoms with E-state index in [2.05, 4.69) is 5.32 Å². The maximum atomic E-state index is 13.1. The highest BCUT2D eigenvalue weighted by Gasteiger charge is 2.29. The van der Waals surface area contributed by atoms with Gasteiger partial charge in [0.2, 0.25) is 0 Å². The van der Waals surface area contributed by atoms with Crippen molar-refractivity contribution in [3.05, 3.63) is 58.1 Å². The van der Waals surface area contributed by atoms with Crippen molar-refractivity contribution in [1.82, 2.24) is 9.80 Å². The van der Waals surface area contributed by atoms with Crippen molar-refractivity contribution >= 4 is 38.7 Å². The lowest BCUT2D eigenvalue weighted by atomic mass is 10.1. The van der Waals surface area contributed by atoms with E-state index in [0.717, 1.165) is 16.8 Å². The first-order valence-electron chi connectivity index (χ1n) is 12.0. The lowest BCUT2D eigenvalue weighted by Crippen LogP contribution is -2.47. The average Bonchev–Trinajstić information content (AvgIpc) is 3.24. The van der Waals surface area contributed by atoms with Crippen LogP contribution in [0.4, 0.5) is 24.5 Å². The number of carbonyl (C=O) groups is 1. The molecule has 0 aromatic heterocycles. The highest BCUT2D eigenvalue weighted by Crippen LogP contribution is 2.31. The van der Waals surface area contributed by atoms with Gasteiger partial charge in [0.1, 0.15) is 9.84 Å². The van der Waals surface area contributed by atoms with Crippen LogP contribution in [0.25, 0.3) is 0 Å². The van der Waals surface area contributed by atoms with Gasteiger partial charge in [-0.1, -0.05) is 17.7 Å². The molecule has 12 heteroatoms. The molecule has 1 amide bonds. The molecule has 2 aromatic carbocycles. The molecule has 4 rings (SSSR count). The Morgan fingerprint density at radius 3 is 2.35 bits per heavy atom. The van der Waals surface area contributed by atoms with Crippen LogP contribution in [-0.4, -0.2) is 81.6 Å². The van der Waals surface area contributed by atoms with Crippen LogP contribution in [0.1, 0.15) is 27.9 Å². The Kier molecular flexibility index (Phi) is 8.37. The second kappa shape index (κ2) is 11.2. The van der Waals surface area contributed by atoms with Crippen LogP contribution in [-0.2, 0) is 22.9 Å². The summed E-state index contributed by atoms with van der Waals surface area (Å²) in [6, 6.07) is 10.6. The van der Waals surface area contributed by atoms with Gasteiger partial charge in [-0.2, -0.15) is 13.2 Å². The molecule has 1 fully saturated rings. The van der Waals surface area contributed by atoms with Gasteiger partial charge < -0.3 is 10.2 Å². The third kappa shape index (κ3) is 7.83. The maximum Gasteiger partial charge on any atom is 0.390 e. The van der Waals surface area contributed by atoms with Gasteiger partial charge >= 0.3 is 6.18 Å². The van der Waals surface area contributed by atoms with E-state index >= 15 is 0 Å². The van der Waals surface area contributed by atoms with Crippen molar-refractivity contribution in [1.29, 1.82) is 0 Å². The Hall–Kier alpha value is -2.34. The number of sulfone groups is 1. The van der Waals surface area contributed by atoms with Crippen LogP contribution >= 0.6 is 11.6 Å². The summed E-state index contributed by atoms with van der Waals surface area (Å²) >= 11 is 6.23. The summed E-state index contributed by atoms with van der Waals surface area (Å²) in [6.45, 7) is 3.63. The fourth-order valence-corrected chi connectivity index (χ4v) is 5.38. The Morgan fingerprint density at radius 1 is 0.973 bits per heavy atom. The molecule has 7 nitrogen and oxygen atoms in total. The van der Waals surface area contributed by atoms with E-state index in [1.807, 2.05) is 21.9 Å². The molecule has 202 valence electrons. The minimum Gasteiger partial charge on any atom is -0.367 e. The van der Waals surface area contributed by atoms with E-state index in [4.69, 9.17) is 11.6 Å². The largest absolute Gasteiger partial charge is 0.390 e. The molecule has 0 saturated carbocycles. The Labute approximate surface area is 220 Å². The highest BCUT2D eigenvalue weighted by atomic mass is 35.5. The van der Waals surface area contributed by atoms with Crippen LogP contribution < -0.4 is 10.2 Å². The van der Waals surface area contributed by atoms with Crippen molar-refractivity contribution < 1.29 is 26.4 Å². The minimum absolute atomic E-state index is 0.0273. The molecule has 1 saturated heterocycles. The molecule has 0 radical (unpaired) electrons. The topological polar surface area (TPSA) is 73.0 Å². The van der Waals surface area contributed by atoms with Crippen LogP contribution in [0.3, 0.4) is 0 Å². The van der Waals surface area contributed by atoms with E-state index < -0.39 is 22.4 Å². The molecule has 2 aliphatic heterocycles. The lowest BCUT2D eigenvalue weighted by Gasteiger charge is -2.37. The number of rotatable bonds is 8. The molecule has 0 unspecified atom stereocenters. The Balaban J connectivity index is 1.40. The average molecular weight is 559 g/mol. The zero-order valence-electron chi connectivity index (χ0n) is 20.5. The fourth-order valence-electron chi connectivity index (χ4n) is 4.62. The summed E-state index contributed by atoms with van der Waals surface area (Å²) in [5.74, 6) is -0.200. The normalized spacial score (nSPS) is 17.2. The highest BCUT2D eigenvalue weighted by molar-refractivity contribution is 7.90. The molecule has 0 bridgehead atoms. The van der Waals surface area contributed by atoms with Crippen molar-refractivity contribution in [3.8, 4) is 0 Å². The third-order valence-electron chi connectivity index (χ3n) is 6.67. The number of nitrogens with zero attached hydrogens (tertiary/aromatic N) is 3. The smallest absolute Gasteiger partial charge is 0.367 e. The van der Waals surface area contributed by atoms with Gasteiger partial charge in [-0.25, -0.2) is 8.42 Å². The number of benzene rings is 2. The van der Waals surface area contributed by atoms with E-state index in [1.54, 1.807) is 29.2 Å². The van der Waals surface area contributed by atoms with Crippen LogP contribution in [0.15, 0.2) is 36.4 Å². The number of alkyl halides is 3. The Bertz CT molecular complexity index is 1250. The summed E-state index contributed by atoms with van der Waals surface area (Å²) in [5, 5.41) is 3.46. The molecule has 0 aliphatic carbocycles. The second-order valence-electron chi connectivity index (χ2n) is 9.63. The number of halogens is 4. The monoisotopic (exact) mass is 558 g/mol. The van der Waals surface area contributed by atoms with Gasteiger partial charge in [0, 0.05) is 69.2 Å². The third-order valence-corrected chi connectivity index (χ3v) is 7.83. The predicted molar refractivity (Wildman–Crippen MR) is 139 cm³/mol. The molecule has 2 aliphatic rings. The predicted octanol–water partition coefficient (Wildman–Crippen LogP) is 4.03. The number of piperazine rings is 1. The number of fused-ring (bicyclic) bond motifs is 1. The van der Waals surface area contributed by atoms with E-state index in [1.165, 1.54) is 6.26 Å². The number of anilines is 2. The summed E-state index contributed by atoms with van der Waals surface area (Å²) < 4.78 is 60.7. The van der Waals surface area contributed by atoms with Gasteiger partial charge in [0.15, 0.2) is 0 Å². The SMILES string of the molecule is CS(=O)(=O)CCN1Cc2ccc(C(=O)Nc3ccc(Cl)cc3N3CCN(CCC(F)(F)F)CC3)cc2C1. The quantitative estimate of drug-likeness (QED) is 0.527. The number of nitrogens with one attached hydrogen (secondary N) is 1. The zero-order valence-corrected chi connectivity index (χ0v) is 22.1. The second-order valence-corrected chi connectivity index (χ2v) is 12.3. The van der Waals surface area contributed by atoms with Crippen LogP contribution in [0, 0.1) is 0 Å². The van der Waals surface area contributed by atoms with E-state index in [9.17, 15) is 26.4 Å². The standard InChI is InChI=1S/C25H30ClF3N4O3S/c1-37(35,36)13-12-32-16-19-3-2-18(14-20(19)17-32)24(34)30-22-5-4-21(26)15-23(22)33-10-8-31(9-11-33)7-6-25(27,28)29/h2-5,14-15H,6-13,16-17H2,1H3,(H,30,34). The fraction of sp³-hybridized carbons (Fsp3) is 0.480. The number of carbonyl (C=O) groups excluding carboxylic acids is 1. The first-order chi connectivity index (χ1) is 17.4. The Morgan fingerprint density at radius 2 is 1.68 bits per heavy atom. The summed E-state index contributed by atoms with van der Waals surface area (Å²) in [7, 11) is -3.05. The molecule has 2 aromatic rings.